The molecule has 0 aromatic heterocycles. The molecular formula is C21H26N2O2. The standard InChI is InChI=1S/C21H26N2O2/c1-14-5-4-6-18(15(14)2)16-9-11-23(12-10-16)17-7-8-20(22)19(13-17)21(24)25-3/h4-8,13,16H,9-12,22H2,1-3H3. The first-order valence-electron chi connectivity index (χ1n) is 8.80. The average molecular weight is 338 g/mol. The van der Waals surface area contributed by atoms with Gasteiger partial charge in [-0.3, -0.25) is 0 Å². The molecule has 4 heteroatoms. The van der Waals surface area contributed by atoms with Gasteiger partial charge in [0.15, 0.2) is 0 Å². The van der Waals surface area contributed by atoms with Gasteiger partial charge in [0.05, 0.1) is 12.7 Å². The molecule has 0 spiro atoms. The highest BCUT2D eigenvalue weighted by atomic mass is 16.5. The molecule has 2 aromatic rings. The Kier molecular flexibility index (Phi) is 4.98. The van der Waals surface area contributed by atoms with Gasteiger partial charge in [-0.1, -0.05) is 18.2 Å². The summed E-state index contributed by atoms with van der Waals surface area (Å²) in [6, 6.07) is 12.2. The van der Waals surface area contributed by atoms with E-state index < -0.39 is 0 Å². The largest absolute Gasteiger partial charge is 0.465 e. The number of ether oxygens (including phenoxy) is 1. The Morgan fingerprint density at radius 3 is 2.56 bits per heavy atom. The zero-order valence-electron chi connectivity index (χ0n) is 15.2. The zero-order valence-corrected chi connectivity index (χ0v) is 15.2. The molecule has 1 aliphatic rings. The van der Waals surface area contributed by atoms with Crippen molar-refractivity contribution in [1.29, 1.82) is 0 Å². The molecule has 0 saturated carbocycles. The van der Waals surface area contributed by atoms with E-state index in [2.05, 4.69) is 36.9 Å². The van der Waals surface area contributed by atoms with Crippen LogP contribution < -0.4 is 10.6 Å². The van der Waals surface area contributed by atoms with Crippen molar-refractivity contribution < 1.29 is 9.53 Å². The molecule has 2 aromatic carbocycles. The smallest absolute Gasteiger partial charge is 0.340 e. The van der Waals surface area contributed by atoms with Crippen LogP contribution >= 0.6 is 0 Å². The Labute approximate surface area is 149 Å². The highest BCUT2D eigenvalue weighted by molar-refractivity contribution is 5.96. The van der Waals surface area contributed by atoms with Gasteiger partial charge in [0.2, 0.25) is 0 Å². The van der Waals surface area contributed by atoms with E-state index in [0.717, 1.165) is 31.6 Å². The molecule has 0 unspecified atom stereocenters. The first kappa shape index (κ1) is 17.3. The summed E-state index contributed by atoms with van der Waals surface area (Å²) in [7, 11) is 1.38. The summed E-state index contributed by atoms with van der Waals surface area (Å²) in [4.78, 5) is 14.2. The van der Waals surface area contributed by atoms with Crippen molar-refractivity contribution in [3.05, 3.63) is 58.7 Å². The van der Waals surface area contributed by atoms with Gasteiger partial charge in [-0.25, -0.2) is 4.79 Å². The van der Waals surface area contributed by atoms with Gasteiger partial charge in [0.1, 0.15) is 0 Å². The number of esters is 1. The molecule has 1 heterocycles. The van der Waals surface area contributed by atoms with Crippen molar-refractivity contribution in [3.63, 3.8) is 0 Å². The lowest BCUT2D eigenvalue weighted by Crippen LogP contribution is -2.33. The molecule has 0 aliphatic carbocycles. The van der Waals surface area contributed by atoms with Gasteiger partial charge < -0.3 is 15.4 Å². The van der Waals surface area contributed by atoms with Crippen molar-refractivity contribution in [3.8, 4) is 0 Å². The van der Waals surface area contributed by atoms with Gasteiger partial charge in [-0.2, -0.15) is 0 Å². The summed E-state index contributed by atoms with van der Waals surface area (Å²) in [6.45, 7) is 6.35. The number of anilines is 2. The minimum Gasteiger partial charge on any atom is -0.465 e. The Morgan fingerprint density at radius 2 is 1.88 bits per heavy atom. The third kappa shape index (κ3) is 3.48. The Bertz CT molecular complexity index is 777. The van der Waals surface area contributed by atoms with Gasteiger partial charge in [0.25, 0.3) is 0 Å². The number of hydrogen-bond donors (Lipinski definition) is 1. The van der Waals surface area contributed by atoms with Crippen molar-refractivity contribution in [2.24, 2.45) is 0 Å². The number of aryl methyl sites for hydroxylation is 1. The van der Waals surface area contributed by atoms with Crippen LogP contribution in [0.5, 0.6) is 0 Å². The molecule has 2 N–H and O–H groups in total. The monoisotopic (exact) mass is 338 g/mol. The number of nitrogen functional groups attached to an aromatic ring is 1. The number of methoxy groups -OCH3 is 1. The van der Waals surface area contributed by atoms with E-state index in [4.69, 9.17) is 10.5 Å². The third-order valence-corrected chi connectivity index (χ3v) is 5.39. The fraction of sp³-hybridized carbons (Fsp3) is 0.381. The number of piperidine rings is 1. The summed E-state index contributed by atoms with van der Waals surface area (Å²) in [5.74, 6) is 0.217. The van der Waals surface area contributed by atoms with Crippen LogP contribution in [0.1, 0.15) is 45.8 Å². The van der Waals surface area contributed by atoms with Crippen molar-refractivity contribution in [2.75, 3.05) is 30.8 Å². The number of carbonyl (C=O) groups is 1. The molecule has 0 amide bonds. The predicted octanol–water partition coefficient (Wildman–Crippen LogP) is 4.06. The third-order valence-electron chi connectivity index (χ3n) is 5.39. The first-order valence-corrected chi connectivity index (χ1v) is 8.80. The molecule has 132 valence electrons. The van der Waals surface area contributed by atoms with Crippen molar-refractivity contribution in [2.45, 2.75) is 32.6 Å². The lowest BCUT2D eigenvalue weighted by atomic mass is 9.85. The number of nitrogens with zero attached hydrogens (tertiary/aromatic N) is 1. The van der Waals surface area contributed by atoms with Gasteiger partial charge >= 0.3 is 5.97 Å². The van der Waals surface area contributed by atoms with E-state index >= 15 is 0 Å². The lowest BCUT2D eigenvalue weighted by Gasteiger charge is -2.34. The van der Waals surface area contributed by atoms with Crippen molar-refractivity contribution in [1.82, 2.24) is 0 Å². The summed E-state index contributed by atoms with van der Waals surface area (Å²) in [5.41, 5.74) is 12.1. The predicted molar refractivity (Wildman–Crippen MR) is 102 cm³/mol. The van der Waals surface area contributed by atoms with Gasteiger partial charge in [-0.15, -0.1) is 0 Å². The van der Waals surface area contributed by atoms with Gasteiger partial charge in [-0.05, 0) is 67.5 Å². The van der Waals surface area contributed by atoms with E-state index in [0.29, 0.717) is 17.2 Å². The van der Waals surface area contributed by atoms with E-state index in [1.807, 2.05) is 12.1 Å². The van der Waals surface area contributed by atoms with Crippen LogP contribution in [0.2, 0.25) is 0 Å². The molecule has 0 bridgehead atoms. The minimum atomic E-state index is -0.385. The van der Waals surface area contributed by atoms with Gasteiger partial charge in [0, 0.05) is 24.5 Å². The topological polar surface area (TPSA) is 55.6 Å². The summed E-state index contributed by atoms with van der Waals surface area (Å²) < 4.78 is 4.82. The molecule has 1 fully saturated rings. The number of benzene rings is 2. The van der Waals surface area contributed by atoms with Crippen LogP contribution in [0.25, 0.3) is 0 Å². The summed E-state index contributed by atoms with van der Waals surface area (Å²) >= 11 is 0. The van der Waals surface area contributed by atoms with E-state index in [1.54, 1.807) is 6.07 Å². The first-order chi connectivity index (χ1) is 12.0. The fourth-order valence-corrected chi connectivity index (χ4v) is 3.69. The summed E-state index contributed by atoms with van der Waals surface area (Å²) in [6.07, 6.45) is 2.23. The molecule has 1 aliphatic heterocycles. The second-order valence-corrected chi connectivity index (χ2v) is 6.81. The second kappa shape index (κ2) is 7.18. The van der Waals surface area contributed by atoms with Crippen molar-refractivity contribution >= 4 is 17.3 Å². The van der Waals surface area contributed by atoms with Crippen LogP contribution in [-0.4, -0.2) is 26.2 Å². The van der Waals surface area contributed by atoms with Crippen LogP contribution in [0, 0.1) is 13.8 Å². The molecule has 4 nitrogen and oxygen atoms in total. The molecule has 0 atom stereocenters. The van der Waals surface area contributed by atoms with Crippen LogP contribution in [0.15, 0.2) is 36.4 Å². The molecule has 3 rings (SSSR count). The van der Waals surface area contributed by atoms with Crippen LogP contribution in [0.3, 0.4) is 0 Å². The maximum Gasteiger partial charge on any atom is 0.340 e. The zero-order chi connectivity index (χ0) is 18.0. The minimum absolute atomic E-state index is 0.385. The SMILES string of the molecule is COC(=O)c1cc(N2CCC(c3cccc(C)c3C)CC2)ccc1N. The Balaban J connectivity index is 1.74. The molecule has 25 heavy (non-hydrogen) atoms. The van der Waals surface area contributed by atoms with E-state index in [9.17, 15) is 4.79 Å². The highest BCUT2D eigenvalue weighted by Gasteiger charge is 2.23. The summed E-state index contributed by atoms with van der Waals surface area (Å²) in [5, 5.41) is 0. The van der Waals surface area contributed by atoms with Crippen LogP contribution in [0.4, 0.5) is 11.4 Å². The normalized spacial score (nSPS) is 15.2. The number of nitrogens with two attached hydrogens (primary N) is 1. The highest BCUT2D eigenvalue weighted by Crippen LogP contribution is 2.33. The quantitative estimate of drug-likeness (QED) is 0.677. The lowest BCUT2D eigenvalue weighted by molar-refractivity contribution is 0.0602. The number of carbonyl (C=O) groups excluding carboxylic acids is 1. The average Bonchev–Trinajstić information content (AvgIpc) is 2.64. The number of rotatable bonds is 3. The number of hydrogen-bond acceptors (Lipinski definition) is 4. The van der Waals surface area contributed by atoms with E-state index in [-0.39, 0.29) is 5.97 Å². The molecule has 0 radical (unpaired) electrons. The maximum absolute atomic E-state index is 11.9. The van der Waals surface area contributed by atoms with E-state index in [1.165, 1.54) is 23.8 Å². The Hall–Kier alpha value is -2.49. The fourth-order valence-electron chi connectivity index (χ4n) is 3.69. The van der Waals surface area contributed by atoms with Crippen LogP contribution in [-0.2, 0) is 4.74 Å². The molecular weight excluding hydrogens is 312 g/mol. The second-order valence-electron chi connectivity index (χ2n) is 6.81. The Morgan fingerprint density at radius 1 is 1.16 bits per heavy atom. The molecule has 1 saturated heterocycles. The maximum atomic E-state index is 11.9.